The molecule has 2 aliphatic heterocycles. The maximum absolute atomic E-state index is 7.12. The van der Waals surface area contributed by atoms with Gasteiger partial charge in [-0.05, 0) is 83.5 Å². The van der Waals surface area contributed by atoms with Crippen LogP contribution in [0.15, 0.2) is 119 Å². The van der Waals surface area contributed by atoms with E-state index in [1.165, 1.54) is 60.9 Å². The summed E-state index contributed by atoms with van der Waals surface area (Å²) in [5, 5.41) is 6.21. The summed E-state index contributed by atoms with van der Waals surface area (Å²) in [5.41, 5.74) is 9.10. The third-order valence-corrected chi connectivity index (χ3v) is 11.0. The molecule has 7 rings (SSSR count). The molecule has 44 heavy (non-hydrogen) atoms. The molecule has 4 aromatic carbocycles. The first-order valence-corrected chi connectivity index (χ1v) is 16.3. The Labute approximate surface area is 267 Å². The van der Waals surface area contributed by atoms with Crippen molar-refractivity contribution in [2.45, 2.75) is 63.8 Å². The van der Waals surface area contributed by atoms with E-state index in [0.29, 0.717) is 0 Å². The van der Waals surface area contributed by atoms with Gasteiger partial charge in [-0.25, -0.2) is 0 Å². The molecule has 0 amide bonds. The van der Waals surface area contributed by atoms with Crippen molar-refractivity contribution in [3.63, 3.8) is 0 Å². The molecule has 1 aliphatic carbocycles. The molecule has 0 bridgehead atoms. The molecule has 0 spiro atoms. The van der Waals surface area contributed by atoms with Gasteiger partial charge >= 0.3 is 0 Å². The van der Waals surface area contributed by atoms with Crippen LogP contribution in [-0.2, 0) is 10.8 Å². The average Bonchev–Trinajstić information content (AvgIpc) is 3.34. The maximum Gasteiger partial charge on any atom is 0.210 e. The molecule has 2 nitrogen and oxygen atoms in total. The molecule has 222 valence electrons. The molecule has 2 heterocycles. The Bertz CT molecular complexity index is 1980. The van der Waals surface area contributed by atoms with Crippen molar-refractivity contribution < 1.29 is 4.58 Å². The zero-order chi connectivity index (χ0) is 30.8. The quantitative estimate of drug-likeness (QED) is 0.212. The van der Waals surface area contributed by atoms with E-state index in [9.17, 15) is 0 Å². The number of fused-ring (bicyclic) bond motifs is 6. The lowest BCUT2D eigenvalue weighted by Crippen LogP contribution is -2.37. The minimum absolute atomic E-state index is 0.0136. The molecule has 0 radical (unpaired) electrons. The van der Waals surface area contributed by atoms with Crippen LogP contribution in [0.5, 0.6) is 0 Å². The molecule has 4 aromatic rings. The smallest absolute Gasteiger partial charge is 0.210 e. The van der Waals surface area contributed by atoms with E-state index in [-0.39, 0.29) is 16.9 Å². The fourth-order valence-electron chi connectivity index (χ4n) is 8.24. The highest BCUT2D eigenvalue weighted by Crippen LogP contribution is 2.48. The van der Waals surface area contributed by atoms with Crippen molar-refractivity contribution in [1.82, 2.24) is 0 Å². The second kappa shape index (κ2) is 10.6. The van der Waals surface area contributed by atoms with Crippen LogP contribution in [0.1, 0.15) is 58.1 Å². The zero-order valence-corrected chi connectivity index (χ0v) is 27.5. The Morgan fingerprint density at radius 3 is 2.20 bits per heavy atom. The number of benzene rings is 4. The summed E-state index contributed by atoms with van der Waals surface area (Å²) in [6, 6.07) is 26.8. The van der Waals surface area contributed by atoms with Gasteiger partial charge in [0.05, 0.1) is 11.5 Å². The minimum Gasteiger partial charge on any atom is -0.367 e. The number of halogens is 1. The predicted molar refractivity (Wildman–Crippen MR) is 190 cm³/mol. The lowest BCUT2D eigenvalue weighted by atomic mass is 9.78. The Hall–Kier alpha value is -3.88. The minimum atomic E-state index is -0.104. The highest BCUT2D eigenvalue weighted by atomic mass is 35.5. The second-order valence-corrected chi connectivity index (χ2v) is 14.2. The summed E-state index contributed by atoms with van der Waals surface area (Å²) in [4.78, 5) is 2.43. The summed E-state index contributed by atoms with van der Waals surface area (Å²) in [7, 11) is 4.42. The number of likely N-dealkylation sites (N-methyl/N-ethyl adjacent to an activating group) is 1. The topological polar surface area (TPSA) is 6.25 Å². The van der Waals surface area contributed by atoms with E-state index in [1.54, 1.807) is 0 Å². The third kappa shape index (κ3) is 4.41. The van der Waals surface area contributed by atoms with Crippen molar-refractivity contribution in [3.8, 4) is 0 Å². The van der Waals surface area contributed by atoms with Crippen LogP contribution in [-0.4, -0.2) is 30.4 Å². The van der Waals surface area contributed by atoms with Crippen molar-refractivity contribution in [1.29, 1.82) is 0 Å². The summed E-state index contributed by atoms with van der Waals surface area (Å²) in [6.45, 7) is 9.44. The van der Waals surface area contributed by atoms with Gasteiger partial charge in [0.15, 0.2) is 5.71 Å². The molecule has 1 unspecified atom stereocenters. The van der Waals surface area contributed by atoms with Crippen LogP contribution in [0.4, 0.5) is 11.4 Å². The SMILES string of the molecule is CN1c2ccc3ccccc3c2C(C)(C)C1/C=C/C=C1\CCCC(/C=C/C2=[N+](C)c3ccc4ccccc4c3C2(C)C)=C1Cl. The summed E-state index contributed by atoms with van der Waals surface area (Å²) >= 11 is 7.12. The number of nitrogens with zero attached hydrogens (tertiary/aromatic N) is 2. The van der Waals surface area contributed by atoms with Gasteiger partial charge in [0.2, 0.25) is 5.69 Å². The molecule has 1 atom stereocenters. The molecular formula is C41H42ClN2+. The van der Waals surface area contributed by atoms with Crippen LogP contribution >= 0.6 is 11.6 Å². The normalized spacial score (nSPS) is 21.9. The summed E-state index contributed by atoms with van der Waals surface area (Å²) < 4.78 is 2.36. The molecule has 0 N–H and O–H groups in total. The largest absolute Gasteiger partial charge is 0.367 e. The maximum atomic E-state index is 7.12. The average molecular weight is 598 g/mol. The van der Waals surface area contributed by atoms with Crippen LogP contribution in [0, 0.1) is 0 Å². The lowest BCUT2D eigenvalue weighted by molar-refractivity contribution is -0.401. The van der Waals surface area contributed by atoms with Crippen molar-refractivity contribution in [2.24, 2.45) is 0 Å². The number of rotatable bonds is 4. The third-order valence-electron chi connectivity index (χ3n) is 10.5. The van der Waals surface area contributed by atoms with Crippen LogP contribution in [0.2, 0.25) is 0 Å². The number of hydrogen-bond acceptors (Lipinski definition) is 1. The molecule has 0 saturated carbocycles. The molecule has 0 aromatic heterocycles. The zero-order valence-electron chi connectivity index (χ0n) is 26.8. The number of allylic oxidation sites excluding steroid dienone is 7. The molecule has 0 saturated heterocycles. The standard InChI is InChI=1S/C41H42ClN2/c1-40(2)35(43(5)33-24-21-27-13-7-9-18-31(27)37(33)40)20-12-17-29-15-11-16-30(39(29)42)23-26-36-41(3,4)38-32-19-10-8-14-28(32)22-25-34(38)44(36)6/h7-10,12-14,17-26,35H,11,15-16H2,1-6H3/q+1/b20-12+,26-23+,29-17+. The van der Waals surface area contributed by atoms with Gasteiger partial charge in [0, 0.05) is 40.9 Å². The number of anilines is 1. The molecular weight excluding hydrogens is 556 g/mol. The van der Waals surface area contributed by atoms with Gasteiger partial charge in [0.25, 0.3) is 0 Å². The first kappa shape index (κ1) is 28.9. The van der Waals surface area contributed by atoms with Crippen molar-refractivity contribution in [3.05, 3.63) is 130 Å². The monoisotopic (exact) mass is 597 g/mol. The molecule has 3 aliphatic rings. The van der Waals surface area contributed by atoms with Gasteiger partial charge in [-0.15, -0.1) is 0 Å². The van der Waals surface area contributed by atoms with E-state index in [4.69, 9.17) is 11.6 Å². The number of hydrogen-bond donors (Lipinski definition) is 0. The fraction of sp³-hybridized carbons (Fsp3) is 0.293. The molecule has 3 heteroatoms. The first-order chi connectivity index (χ1) is 21.1. The van der Waals surface area contributed by atoms with Crippen LogP contribution < -0.4 is 4.90 Å². The van der Waals surface area contributed by atoms with Gasteiger partial charge in [0.1, 0.15) is 7.05 Å². The molecule has 0 fully saturated rings. The van der Waals surface area contributed by atoms with Gasteiger partial charge in [-0.3, -0.25) is 0 Å². The Balaban J connectivity index is 1.16. The van der Waals surface area contributed by atoms with Gasteiger partial charge < -0.3 is 4.90 Å². The lowest BCUT2D eigenvalue weighted by Gasteiger charge is -2.30. The Kier molecular flexibility index (Phi) is 6.98. The van der Waals surface area contributed by atoms with Crippen molar-refractivity contribution in [2.75, 3.05) is 19.0 Å². The van der Waals surface area contributed by atoms with E-state index in [0.717, 1.165) is 24.3 Å². The Morgan fingerprint density at radius 1 is 0.818 bits per heavy atom. The predicted octanol–water partition coefficient (Wildman–Crippen LogP) is 10.5. The first-order valence-electron chi connectivity index (χ1n) is 15.9. The van der Waals surface area contributed by atoms with Gasteiger partial charge in [-0.2, -0.15) is 4.58 Å². The van der Waals surface area contributed by atoms with Crippen molar-refractivity contribution >= 4 is 50.2 Å². The highest BCUT2D eigenvalue weighted by Gasteiger charge is 2.44. The summed E-state index contributed by atoms with van der Waals surface area (Å²) in [5.74, 6) is 0. The summed E-state index contributed by atoms with van der Waals surface area (Å²) in [6.07, 6.45) is 14.6. The van der Waals surface area contributed by atoms with Crippen LogP contribution in [0.25, 0.3) is 21.5 Å². The van der Waals surface area contributed by atoms with E-state index in [2.05, 4.69) is 154 Å². The van der Waals surface area contributed by atoms with Gasteiger partial charge in [-0.1, -0.05) is 104 Å². The van der Waals surface area contributed by atoms with E-state index < -0.39 is 0 Å². The van der Waals surface area contributed by atoms with E-state index in [1.807, 2.05) is 0 Å². The fourth-order valence-corrected chi connectivity index (χ4v) is 8.56. The second-order valence-electron chi connectivity index (χ2n) is 13.8. The Morgan fingerprint density at radius 2 is 1.48 bits per heavy atom. The highest BCUT2D eigenvalue weighted by molar-refractivity contribution is 6.32. The van der Waals surface area contributed by atoms with Crippen LogP contribution in [0.3, 0.4) is 0 Å². The van der Waals surface area contributed by atoms with E-state index >= 15 is 0 Å².